The predicted molar refractivity (Wildman–Crippen MR) is 83.1 cm³/mol. The Morgan fingerprint density at radius 1 is 1.00 bits per heavy atom. The highest BCUT2D eigenvalue weighted by Gasteiger charge is 2.11. The lowest BCUT2D eigenvalue weighted by atomic mass is 10.1. The monoisotopic (exact) mass is 298 g/mol. The van der Waals surface area contributed by atoms with Crippen molar-refractivity contribution in [2.45, 2.75) is 66.5 Å². The zero-order valence-electron chi connectivity index (χ0n) is 13.6. The minimum absolute atomic E-state index is 0.289. The normalized spacial score (nSPS) is 11.6. The molecule has 5 heteroatoms. The SMILES string of the molecule is CC(C)CCCn1cc(F)c(=O)n(CCCC(C)C)c1=O. The zero-order chi connectivity index (χ0) is 16.0. The van der Waals surface area contributed by atoms with E-state index in [2.05, 4.69) is 27.7 Å². The molecule has 120 valence electrons. The maximum absolute atomic E-state index is 13.7. The summed E-state index contributed by atoms with van der Waals surface area (Å²) in [5, 5.41) is 0. The lowest BCUT2D eigenvalue weighted by molar-refractivity contribution is 0.437. The van der Waals surface area contributed by atoms with Crippen LogP contribution in [0.3, 0.4) is 0 Å². The van der Waals surface area contributed by atoms with Crippen LogP contribution in [0.5, 0.6) is 0 Å². The quantitative estimate of drug-likeness (QED) is 0.740. The minimum atomic E-state index is -0.844. The van der Waals surface area contributed by atoms with E-state index >= 15 is 0 Å². The molecule has 1 aromatic rings. The fraction of sp³-hybridized carbons (Fsp3) is 0.750. The summed E-state index contributed by atoms with van der Waals surface area (Å²) < 4.78 is 16.1. The van der Waals surface area contributed by atoms with Crippen LogP contribution >= 0.6 is 0 Å². The first-order valence-corrected chi connectivity index (χ1v) is 7.82. The molecule has 4 nitrogen and oxygen atoms in total. The van der Waals surface area contributed by atoms with Crippen LogP contribution in [0.2, 0.25) is 0 Å². The molecule has 1 heterocycles. The van der Waals surface area contributed by atoms with Crippen molar-refractivity contribution in [3.8, 4) is 0 Å². The first kappa shape index (κ1) is 17.7. The van der Waals surface area contributed by atoms with Crippen LogP contribution in [0.1, 0.15) is 53.4 Å². The van der Waals surface area contributed by atoms with Crippen molar-refractivity contribution in [2.75, 3.05) is 0 Å². The number of aromatic nitrogens is 2. The molecule has 0 unspecified atom stereocenters. The molecule has 0 aromatic carbocycles. The summed E-state index contributed by atoms with van der Waals surface area (Å²) in [5.74, 6) is 0.203. The van der Waals surface area contributed by atoms with Crippen LogP contribution in [-0.4, -0.2) is 9.13 Å². The third-order valence-electron chi connectivity index (χ3n) is 3.54. The van der Waals surface area contributed by atoms with Gasteiger partial charge in [-0.15, -0.1) is 0 Å². The Bertz CT molecular complexity index is 558. The maximum atomic E-state index is 13.7. The fourth-order valence-corrected chi connectivity index (χ4v) is 2.30. The van der Waals surface area contributed by atoms with Gasteiger partial charge in [0.25, 0.3) is 5.56 Å². The van der Waals surface area contributed by atoms with E-state index in [9.17, 15) is 14.0 Å². The third-order valence-corrected chi connectivity index (χ3v) is 3.54. The minimum Gasteiger partial charge on any atom is -0.297 e. The maximum Gasteiger partial charge on any atom is 0.331 e. The predicted octanol–water partition coefficient (Wildman–Crippen LogP) is 3.02. The second-order valence-corrected chi connectivity index (χ2v) is 6.48. The van der Waals surface area contributed by atoms with Gasteiger partial charge in [0.15, 0.2) is 0 Å². The molecule has 0 amide bonds. The zero-order valence-corrected chi connectivity index (χ0v) is 13.6. The van der Waals surface area contributed by atoms with Crippen LogP contribution in [0.4, 0.5) is 4.39 Å². The average molecular weight is 298 g/mol. The Hall–Kier alpha value is -1.39. The van der Waals surface area contributed by atoms with Crippen LogP contribution in [0, 0.1) is 17.7 Å². The number of rotatable bonds is 8. The van der Waals surface area contributed by atoms with E-state index in [0.717, 1.165) is 30.0 Å². The van der Waals surface area contributed by atoms with Crippen molar-refractivity contribution in [1.82, 2.24) is 9.13 Å². The molecule has 1 rings (SSSR count). The topological polar surface area (TPSA) is 44.0 Å². The molecular formula is C16H27FN2O2. The van der Waals surface area contributed by atoms with Crippen molar-refractivity contribution < 1.29 is 4.39 Å². The van der Waals surface area contributed by atoms with Gasteiger partial charge in [-0.3, -0.25) is 13.9 Å². The summed E-state index contributed by atoms with van der Waals surface area (Å²) in [6.07, 6.45) is 4.45. The van der Waals surface area contributed by atoms with Crippen molar-refractivity contribution in [1.29, 1.82) is 0 Å². The van der Waals surface area contributed by atoms with Crippen LogP contribution in [0.15, 0.2) is 15.8 Å². The van der Waals surface area contributed by atoms with Gasteiger partial charge in [0.2, 0.25) is 5.82 Å². The van der Waals surface area contributed by atoms with Gasteiger partial charge in [-0.25, -0.2) is 4.79 Å². The lowest BCUT2D eigenvalue weighted by Gasteiger charge is -2.12. The van der Waals surface area contributed by atoms with Gasteiger partial charge < -0.3 is 0 Å². The second-order valence-electron chi connectivity index (χ2n) is 6.48. The van der Waals surface area contributed by atoms with Crippen molar-refractivity contribution >= 4 is 0 Å². The van der Waals surface area contributed by atoms with Gasteiger partial charge in [0, 0.05) is 13.1 Å². The molecule has 1 aromatic heterocycles. The van der Waals surface area contributed by atoms with Crippen molar-refractivity contribution in [2.24, 2.45) is 11.8 Å². The molecule has 0 fully saturated rings. The van der Waals surface area contributed by atoms with Gasteiger partial charge in [-0.05, 0) is 37.5 Å². The summed E-state index contributed by atoms with van der Waals surface area (Å²) >= 11 is 0. The fourth-order valence-electron chi connectivity index (χ4n) is 2.30. The summed E-state index contributed by atoms with van der Waals surface area (Å²) in [6, 6.07) is 0. The molecule has 21 heavy (non-hydrogen) atoms. The first-order valence-electron chi connectivity index (χ1n) is 7.82. The van der Waals surface area contributed by atoms with Gasteiger partial charge in [0.1, 0.15) is 0 Å². The number of hydrogen-bond donors (Lipinski definition) is 0. The number of nitrogens with zero attached hydrogens (tertiary/aromatic N) is 2. The summed E-state index contributed by atoms with van der Waals surface area (Å²) in [4.78, 5) is 24.0. The molecule has 0 aliphatic rings. The van der Waals surface area contributed by atoms with Gasteiger partial charge in [-0.1, -0.05) is 27.7 Å². The smallest absolute Gasteiger partial charge is 0.297 e. The van der Waals surface area contributed by atoms with Gasteiger partial charge in [0.05, 0.1) is 6.20 Å². The van der Waals surface area contributed by atoms with E-state index in [1.165, 1.54) is 4.57 Å². The van der Waals surface area contributed by atoms with E-state index in [1.807, 2.05) is 0 Å². The Morgan fingerprint density at radius 3 is 2.05 bits per heavy atom. The summed E-state index contributed by atoms with van der Waals surface area (Å²) in [5.41, 5.74) is -1.20. The highest BCUT2D eigenvalue weighted by Crippen LogP contribution is 2.05. The van der Waals surface area contributed by atoms with E-state index in [0.29, 0.717) is 24.8 Å². The van der Waals surface area contributed by atoms with Crippen LogP contribution in [-0.2, 0) is 13.1 Å². The molecule has 0 atom stereocenters. The van der Waals surface area contributed by atoms with Gasteiger partial charge in [-0.2, -0.15) is 4.39 Å². The van der Waals surface area contributed by atoms with E-state index in [1.54, 1.807) is 0 Å². The van der Waals surface area contributed by atoms with Crippen LogP contribution < -0.4 is 11.2 Å². The van der Waals surface area contributed by atoms with Gasteiger partial charge >= 0.3 is 5.69 Å². The number of aryl methyl sites for hydroxylation is 1. The van der Waals surface area contributed by atoms with Crippen molar-refractivity contribution in [3.63, 3.8) is 0 Å². The van der Waals surface area contributed by atoms with E-state index in [4.69, 9.17) is 0 Å². The Kier molecular flexibility index (Phi) is 6.85. The number of hydrogen-bond acceptors (Lipinski definition) is 2. The molecule has 0 saturated carbocycles. The summed E-state index contributed by atoms with van der Waals surface area (Å²) in [6.45, 7) is 9.12. The standard InChI is InChI=1S/C16H27FN2O2/c1-12(2)7-5-9-18-11-14(17)15(20)19(16(18)21)10-6-8-13(3)4/h11-13H,5-10H2,1-4H3. The van der Waals surface area contributed by atoms with Crippen molar-refractivity contribution in [3.05, 3.63) is 32.9 Å². The molecule has 0 bridgehead atoms. The second kappa shape index (κ2) is 8.15. The first-order chi connectivity index (χ1) is 9.82. The lowest BCUT2D eigenvalue weighted by Crippen LogP contribution is -2.41. The molecule has 0 aliphatic heterocycles. The van der Waals surface area contributed by atoms with Crippen LogP contribution in [0.25, 0.3) is 0 Å². The third kappa shape index (κ3) is 5.48. The Balaban J connectivity index is 2.89. The Labute approximate surface area is 125 Å². The van der Waals surface area contributed by atoms with E-state index < -0.39 is 17.1 Å². The molecule has 0 radical (unpaired) electrons. The molecule has 0 spiro atoms. The highest BCUT2D eigenvalue weighted by molar-refractivity contribution is 4.90. The van der Waals surface area contributed by atoms with E-state index in [-0.39, 0.29) is 6.54 Å². The molecular weight excluding hydrogens is 271 g/mol. The average Bonchev–Trinajstić information content (AvgIpc) is 2.38. The number of halogens is 1. The highest BCUT2D eigenvalue weighted by atomic mass is 19.1. The molecule has 0 saturated heterocycles. The Morgan fingerprint density at radius 2 is 1.52 bits per heavy atom. The largest absolute Gasteiger partial charge is 0.331 e. The molecule has 0 aliphatic carbocycles. The summed E-state index contributed by atoms with van der Waals surface area (Å²) in [7, 11) is 0. The molecule has 0 N–H and O–H groups in total.